The number of nitrogens with one attached hydrogen (secondary N) is 1. The quantitative estimate of drug-likeness (QED) is 0.804. The minimum atomic E-state index is 0.627. The molecule has 1 heterocycles. The summed E-state index contributed by atoms with van der Waals surface area (Å²) in [4.78, 5) is 0. The van der Waals surface area contributed by atoms with Gasteiger partial charge in [0.1, 0.15) is 0 Å². The lowest BCUT2D eigenvalue weighted by Gasteiger charge is -2.31. The molecule has 17 heavy (non-hydrogen) atoms. The summed E-state index contributed by atoms with van der Waals surface area (Å²) in [6.45, 7) is 1.85. The Kier molecular flexibility index (Phi) is 4.57. The van der Waals surface area contributed by atoms with Crippen molar-refractivity contribution in [3.05, 3.63) is 18.0 Å². The van der Waals surface area contributed by atoms with E-state index in [0.29, 0.717) is 12.0 Å². The van der Waals surface area contributed by atoms with Crippen LogP contribution in [0.2, 0.25) is 0 Å². The molecular formula is C13H24N4. The summed E-state index contributed by atoms with van der Waals surface area (Å²) in [7, 11) is 2.00. The molecule has 0 aliphatic heterocycles. The maximum absolute atomic E-state index is 5.83. The number of nitrogens with two attached hydrogens (primary N) is 1. The summed E-state index contributed by atoms with van der Waals surface area (Å²) < 4.78 is 1.95. The number of rotatable bonds is 5. The Morgan fingerprint density at radius 3 is 3.00 bits per heavy atom. The molecule has 3 N–H and O–H groups in total. The Morgan fingerprint density at radius 1 is 1.47 bits per heavy atom. The Hall–Kier alpha value is -0.870. The number of hydrogen-bond donors (Lipinski definition) is 2. The minimum absolute atomic E-state index is 0.627. The molecule has 1 aromatic rings. The van der Waals surface area contributed by atoms with Gasteiger partial charge in [0.15, 0.2) is 0 Å². The van der Waals surface area contributed by atoms with E-state index in [9.17, 15) is 0 Å². The molecule has 0 radical (unpaired) electrons. The van der Waals surface area contributed by atoms with Gasteiger partial charge in [-0.15, -0.1) is 0 Å². The number of aryl methyl sites for hydroxylation is 1. The number of hydrogen-bond acceptors (Lipinski definition) is 3. The van der Waals surface area contributed by atoms with Crippen molar-refractivity contribution < 1.29 is 0 Å². The topological polar surface area (TPSA) is 55.9 Å². The second-order valence-corrected chi connectivity index (χ2v) is 5.04. The van der Waals surface area contributed by atoms with Crippen molar-refractivity contribution in [2.45, 2.75) is 38.1 Å². The van der Waals surface area contributed by atoms with E-state index in [1.165, 1.54) is 31.4 Å². The Balaban J connectivity index is 1.75. The van der Waals surface area contributed by atoms with Crippen LogP contribution in [0.4, 0.5) is 0 Å². The molecule has 1 aromatic heterocycles. The van der Waals surface area contributed by atoms with E-state index in [2.05, 4.69) is 16.5 Å². The maximum atomic E-state index is 5.83. The first kappa shape index (κ1) is 12.6. The van der Waals surface area contributed by atoms with Crippen molar-refractivity contribution in [2.75, 3.05) is 13.1 Å². The van der Waals surface area contributed by atoms with E-state index in [-0.39, 0.29) is 0 Å². The molecule has 2 atom stereocenters. The largest absolute Gasteiger partial charge is 0.330 e. The van der Waals surface area contributed by atoms with Crippen LogP contribution in [-0.4, -0.2) is 28.9 Å². The molecule has 0 amide bonds. The van der Waals surface area contributed by atoms with Crippen LogP contribution in [0.3, 0.4) is 0 Å². The van der Waals surface area contributed by atoms with Crippen molar-refractivity contribution >= 4 is 0 Å². The van der Waals surface area contributed by atoms with Gasteiger partial charge in [0.2, 0.25) is 0 Å². The van der Waals surface area contributed by atoms with Crippen molar-refractivity contribution in [3.63, 3.8) is 0 Å². The zero-order chi connectivity index (χ0) is 12.1. The highest BCUT2D eigenvalue weighted by molar-refractivity contribution is 5.00. The third-order valence-electron chi connectivity index (χ3n) is 3.92. The summed E-state index contributed by atoms with van der Waals surface area (Å²) >= 11 is 0. The summed E-state index contributed by atoms with van der Waals surface area (Å²) in [6.07, 6.45) is 8.18. The standard InChI is InChI=1S/C13H24N4/c1-17-12(7-9-16-17)6-8-15-13-5-3-2-4-11(13)10-14/h7,9,11,13,15H,2-6,8,10,14H2,1H3. The van der Waals surface area contributed by atoms with Crippen molar-refractivity contribution in [2.24, 2.45) is 18.7 Å². The molecule has 1 aliphatic rings. The SMILES string of the molecule is Cn1nccc1CCNC1CCCCC1CN. The van der Waals surface area contributed by atoms with E-state index >= 15 is 0 Å². The fourth-order valence-electron chi connectivity index (χ4n) is 2.79. The third kappa shape index (κ3) is 3.30. The van der Waals surface area contributed by atoms with E-state index in [1.807, 2.05) is 17.9 Å². The predicted molar refractivity (Wildman–Crippen MR) is 69.7 cm³/mol. The first-order chi connectivity index (χ1) is 8.31. The highest BCUT2D eigenvalue weighted by atomic mass is 15.3. The number of aromatic nitrogens is 2. The summed E-state index contributed by atoms with van der Waals surface area (Å²) in [5, 5.41) is 7.85. The monoisotopic (exact) mass is 236 g/mol. The lowest BCUT2D eigenvalue weighted by Crippen LogP contribution is -2.42. The molecule has 0 aromatic carbocycles. The highest BCUT2D eigenvalue weighted by Crippen LogP contribution is 2.23. The minimum Gasteiger partial charge on any atom is -0.330 e. The average molecular weight is 236 g/mol. The van der Waals surface area contributed by atoms with Gasteiger partial charge in [-0.05, 0) is 31.4 Å². The Labute approximate surface area is 104 Å². The first-order valence-electron chi connectivity index (χ1n) is 6.71. The van der Waals surface area contributed by atoms with Gasteiger partial charge in [-0.3, -0.25) is 4.68 Å². The van der Waals surface area contributed by atoms with Crippen LogP contribution in [0.25, 0.3) is 0 Å². The van der Waals surface area contributed by atoms with Gasteiger partial charge in [-0.25, -0.2) is 0 Å². The zero-order valence-electron chi connectivity index (χ0n) is 10.7. The Bertz CT molecular complexity index is 334. The van der Waals surface area contributed by atoms with E-state index in [0.717, 1.165) is 19.5 Å². The van der Waals surface area contributed by atoms with Crippen molar-refractivity contribution in [3.8, 4) is 0 Å². The predicted octanol–water partition coefficient (Wildman–Crippen LogP) is 1.07. The smallest absolute Gasteiger partial charge is 0.0492 e. The van der Waals surface area contributed by atoms with Crippen LogP contribution in [0.1, 0.15) is 31.4 Å². The second kappa shape index (κ2) is 6.17. The van der Waals surface area contributed by atoms with Gasteiger partial charge in [0.25, 0.3) is 0 Å². The summed E-state index contributed by atoms with van der Waals surface area (Å²) in [5.74, 6) is 0.676. The average Bonchev–Trinajstić information content (AvgIpc) is 2.76. The van der Waals surface area contributed by atoms with Gasteiger partial charge in [0, 0.05) is 37.9 Å². The van der Waals surface area contributed by atoms with Crippen LogP contribution in [0.15, 0.2) is 12.3 Å². The van der Waals surface area contributed by atoms with Crippen LogP contribution in [-0.2, 0) is 13.5 Å². The molecule has 0 bridgehead atoms. The zero-order valence-corrected chi connectivity index (χ0v) is 10.7. The van der Waals surface area contributed by atoms with Crippen LogP contribution >= 0.6 is 0 Å². The van der Waals surface area contributed by atoms with Gasteiger partial charge < -0.3 is 11.1 Å². The molecule has 1 saturated carbocycles. The van der Waals surface area contributed by atoms with E-state index < -0.39 is 0 Å². The molecule has 1 fully saturated rings. The third-order valence-corrected chi connectivity index (χ3v) is 3.92. The number of nitrogens with zero attached hydrogens (tertiary/aromatic N) is 2. The van der Waals surface area contributed by atoms with Crippen LogP contribution in [0, 0.1) is 5.92 Å². The summed E-state index contributed by atoms with van der Waals surface area (Å²) in [6, 6.07) is 2.71. The molecule has 2 unspecified atom stereocenters. The molecule has 0 saturated heterocycles. The molecular weight excluding hydrogens is 212 g/mol. The molecule has 0 spiro atoms. The normalized spacial score (nSPS) is 25.1. The molecule has 4 heteroatoms. The van der Waals surface area contributed by atoms with Crippen molar-refractivity contribution in [1.29, 1.82) is 0 Å². The molecule has 1 aliphatic carbocycles. The van der Waals surface area contributed by atoms with Crippen molar-refractivity contribution in [1.82, 2.24) is 15.1 Å². The lowest BCUT2D eigenvalue weighted by molar-refractivity contribution is 0.269. The fourth-order valence-corrected chi connectivity index (χ4v) is 2.79. The van der Waals surface area contributed by atoms with Gasteiger partial charge >= 0.3 is 0 Å². The van der Waals surface area contributed by atoms with Gasteiger partial charge in [0.05, 0.1) is 0 Å². The van der Waals surface area contributed by atoms with E-state index in [1.54, 1.807) is 0 Å². The highest BCUT2D eigenvalue weighted by Gasteiger charge is 2.22. The summed E-state index contributed by atoms with van der Waals surface area (Å²) in [5.41, 5.74) is 7.12. The van der Waals surface area contributed by atoms with Gasteiger partial charge in [-0.1, -0.05) is 12.8 Å². The lowest BCUT2D eigenvalue weighted by atomic mass is 9.84. The van der Waals surface area contributed by atoms with Crippen LogP contribution < -0.4 is 11.1 Å². The maximum Gasteiger partial charge on any atom is 0.0492 e. The van der Waals surface area contributed by atoms with Gasteiger partial charge in [-0.2, -0.15) is 5.10 Å². The van der Waals surface area contributed by atoms with E-state index in [4.69, 9.17) is 5.73 Å². The molecule has 4 nitrogen and oxygen atoms in total. The molecule has 2 rings (SSSR count). The van der Waals surface area contributed by atoms with Crippen LogP contribution in [0.5, 0.6) is 0 Å². The Morgan fingerprint density at radius 2 is 2.29 bits per heavy atom. The second-order valence-electron chi connectivity index (χ2n) is 5.04. The first-order valence-corrected chi connectivity index (χ1v) is 6.71. The fraction of sp³-hybridized carbons (Fsp3) is 0.769. The molecule has 96 valence electrons.